The molecule has 0 aliphatic rings. The molecule has 1 aromatic heterocycles. The summed E-state index contributed by atoms with van der Waals surface area (Å²) >= 11 is 0. The average molecular weight is 300 g/mol. The lowest BCUT2D eigenvalue weighted by molar-refractivity contribution is 0.281. The second-order valence-corrected chi connectivity index (χ2v) is 6.73. The van der Waals surface area contributed by atoms with E-state index in [1.54, 1.807) is 6.07 Å². The van der Waals surface area contributed by atoms with Crippen LogP contribution in [0.1, 0.15) is 45.6 Å². The van der Waals surface area contributed by atoms with Crippen LogP contribution in [0.2, 0.25) is 0 Å². The molecule has 0 aromatic carbocycles. The molecule has 6 heteroatoms. The number of unbranched alkanes of at least 4 members (excludes halogenated alkanes) is 1. The first-order valence-electron chi connectivity index (χ1n) is 7.05. The van der Waals surface area contributed by atoms with Crippen LogP contribution in [0.25, 0.3) is 0 Å². The van der Waals surface area contributed by atoms with E-state index in [2.05, 4.69) is 4.98 Å². The molecule has 1 rings (SSSR count). The lowest BCUT2D eigenvalue weighted by Gasteiger charge is -2.27. The van der Waals surface area contributed by atoms with E-state index in [0.29, 0.717) is 12.1 Å². The molecule has 1 aromatic rings. The molecule has 20 heavy (non-hydrogen) atoms. The van der Waals surface area contributed by atoms with Gasteiger partial charge in [0.25, 0.3) is 10.0 Å². The van der Waals surface area contributed by atoms with Crippen molar-refractivity contribution in [2.45, 2.75) is 57.7 Å². The number of pyridine rings is 1. The molecule has 1 heterocycles. The number of aromatic nitrogens is 1. The van der Waals surface area contributed by atoms with E-state index in [4.69, 9.17) is 5.11 Å². The van der Waals surface area contributed by atoms with Crippen molar-refractivity contribution in [3.05, 3.63) is 23.9 Å². The second kappa shape index (κ2) is 7.71. The van der Waals surface area contributed by atoms with Gasteiger partial charge in [0.2, 0.25) is 0 Å². The highest BCUT2D eigenvalue weighted by atomic mass is 32.2. The minimum Gasteiger partial charge on any atom is -0.392 e. The molecule has 0 saturated carbocycles. The van der Waals surface area contributed by atoms with Gasteiger partial charge in [-0.25, -0.2) is 13.4 Å². The fraction of sp³-hybridized carbons (Fsp3) is 0.643. The van der Waals surface area contributed by atoms with Gasteiger partial charge in [0.15, 0.2) is 5.03 Å². The van der Waals surface area contributed by atoms with Crippen LogP contribution < -0.4 is 0 Å². The van der Waals surface area contributed by atoms with Crippen LogP contribution in [-0.2, 0) is 16.6 Å². The molecule has 5 nitrogen and oxygen atoms in total. The molecular formula is C14H24N2O3S. The van der Waals surface area contributed by atoms with Gasteiger partial charge >= 0.3 is 0 Å². The second-order valence-electron chi connectivity index (χ2n) is 4.89. The van der Waals surface area contributed by atoms with Gasteiger partial charge in [-0.05, 0) is 31.4 Å². The number of rotatable bonds is 8. The summed E-state index contributed by atoms with van der Waals surface area (Å²) in [6.07, 6.45) is 3.94. The van der Waals surface area contributed by atoms with Crippen LogP contribution in [-0.4, -0.2) is 35.4 Å². The Balaban J connectivity index is 3.07. The summed E-state index contributed by atoms with van der Waals surface area (Å²) in [5, 5.41) is 9.03. The van der Waals surface area contributed by atoms with Gasteiger partial charge in [-0.1, -0.05) is 26.3 Å². The van der Waals surface area contributed by atoms with Crippen LogP contribution in [0.3, 0.4) is 0 Å². The SMILES string of the molecule is CCCCN(C(C)CC)S(=O)(=O)c1ccc(CO)cn1. The van der Waals surface area contributed by atoms with Crippen LogP contribution in [0.4, 0.5) is 0 Å². The molecule has 0 amide bonds. The first-order chi connectivity index (χ1) is 9.47. The quantitative estimate of drug-likeness (QED) is 0.798. The number of hydrogen-bond acceptors (Lipinski definition) is 4. The largest absolute Gasteiger partial charge is 0.392 e. The van der Waals surface area contributed by atoms with Crippen molar-refractivity contribution in [3.8, 4) is 0 Å². The van der Waals surface area contributed by atoms with Crippen molar-refractivity contribution in [2.75, 3.05) is 6.54 Å². The Bertz CT molecular complexity index is 500. The zero-order chi connectivity index (χ0) is 15.2. The smallest absolute Gasteiger partial charge is 0.260 e. The van der Waals surface area contributed by atoms with E-state index >= 15 is 0 Å². The zero-order valence-corrected chi connectivity index (χ0v) is 13.2. The Morgan fingerprint density at radius 3 is 2.50 bits per heavy atom. The molecule has 0 saturated heterocycles. The molecule has 0 radical (unpaired) electrons. The normalized spacial score (nSPS) is 13.7. The van der Waals surface area contributed by atoms with Gasteiger partial charge in [0, 0.05) is 18.8 Å². The first kappa shape index (κ1) is 17.1. The average Bonchev–Trinajstić information content (AvgIpc) is 2.47. The maximum atomic E-state index is 12.6. The molecule has 0 aliphatic carbocycles. The number of aliphatic hydroxyl groups excluding tert-OH is 1. The van der Waals surface area contributed by atoms with E-state index in [0.717, 1.165) is 19.3 Å². The fourth-order valence-corrected chi connectivity index (χ4v) is 3.53. The molecule has 1 atom stereocenters. The summed E-state index contributed by atoms with van der Waals surface area (Å²) < 4.78 is 26.8. The topological polar surface area (TPSA) is 70.5 Å². The van der Waals surface area contributed by atoms with Gasteiger partial charge < -0.3 is 5.11 Å². The maximum absolute atomic E-state index is 12.6. The summed E-state index contributed by atoms with van der Waals surface area (Å²) in [6, 6.07) is 3.00. The third-order valence-electron chi connectivity index (χ3n) is 3.37. The van der Waals surface area contributed by atoms with Gasteiger partial charge in [0.05, 0.1) is 6.61 Å². The van der Waals surface area contributed by atoms with Crippen LogP contribution in [0.5, 0.6) is 0 Å². The molecule has 1 N–H and O–H groups in total. The lowest BCUT2D eigenvalue weighted by atomic mass is 10.2. The number of sulfonamides is 1. The van der Waals surface area contributed by atoms with E-state index in [1.807, 2.05) is 20.8 Å². The maximum Gasteiger partial charge on any atom is 0.260 e. The van der Waals surface area contributed by atoms with Crippen molar-refractivity contribution in [1.29, 1.82) is 0 Å². The van der Waals surface area contributed by atoms with Crippen molar-refractivity contribution < 1.29 is 13.5 Å². The standard InChI is InChI=1S/C14H24N2O3S/c1-4-6-9-16(12(3)5-2)20(18,19)14-8-7-13(11-17)10-15-14/h7-8,10,12,17H,4-6,9,11H2,1-3H3. The van der Waals surface area contributed by atoms with Gasteiger partial charge in [-0.15, -0.1) is 0 Å². The number of nitrogens with zero attached hydrogens (tertiary/aromatic N) is 2. The Hall–Kier alpha value is -0.980. The highest BCUT2D eigenvalue weighted by Crippen LogP contribution is 2.19. The summed E-state index contributed by atoms with van der Waals surface area (Å²) in [5.74, 6) is 0. The molecule has 0 aliphatic heterocycles. The molecule has 114 valence electrons. The third kappa shape index (κ3) is 4.01. The van der Waals surface area contributed by atoms with Gasteiger partial charge in [-0.3, -0.25) is 0 Å². The van der Waals surface area contributed by atoms with Crippen molar-refractivity contribution in [1.82, 2.24) is 9.29 Å². The molecule has 0 fully saturated rings. The Morgan fingerprint density at radius 1 is 1.35 bits per heavy atom. The third-order valence-corrected chi connectivity index (χ3v) is 5.30. The molecule has 0 spiro atoms. The molecular weight excluding hydrogens is 276 g/mol. The summed E-state index contributed by atoms with van der Waals surface area (Å²) in [4.78, 5) is 3.98. The lowest BCUT2D eigenvalue weighted by Crippen LogP contribution is -2.39. The summed E-state index contributed by atoms with van der Waals surface area (Å²) in [6.45, 7) is 6.29. The summed E-state index contributed by atoms with van der Waals surface area (Å²) in [5.41, 5.74) is 0.604. The minimum absolute atomic E-state index is 0.0473. The number of hydrogen-bond donors (Lipinski definition) is 1. The Morgan fingerprint density at radius 2 is 2.05 bits per heavy atom. The van der Waals surface area contributed by atoms with Crippen molar-refractivity contribution >= 4 is 10.0 Å². The van der Waals surface area contributed by atoms with E-state index < -0.39 is 10.0 Å². The van der Waals surface area contributed by atoms with E-state index in [9.17, 15) is 8.42 Å². The fourth-order valence-electron chi connectivity index (χ4n) is 1.87. The molecule has 0 bridgehead atoms. The first-order valence-corrected chi connectivity index (χ1v) is 8.49. The van der Waals surface area contributed by atoms with Crippen LogP contribution in [0, 0.1) is 0 Å². The highest BCUT2D eigenvalue weighted by molar-refractivity contribution is 7.89. The zero-order valence-electron chi connectivity index (χ0n) is 12.4. The predicted molar refractivity (Wildman–Crippen MR) is 78.7 cm³/mol. The van der Waals surface area contributed by atoms with Crippen molar-refractivity contribution in [3.63, 3.8) is 0 Å². The minimum atomic E-state index is -3.57. The monoisotopic (exact) mass is 300 g/mol. The molecule has 1 unspecified atom stereocenters. The van der Waals surface area contributed by atoms with Gasteiger partial charge in [0.1, 0.15) is 0 Å². The van der Waals surface area contributed by atoms with E-state index in [-0.39, 0.29) is 17.7 Å². The Labute approximate surface area is 121 Å². The van der Waals surface area contributed by atoms with Crippen molar-refractivity contribution in [2.24, 2.45) is 0 Å². The summed E-state index contributed by atoms with van der Waals surface area (Å²) in [7, 11) is -3.57. The number of aliphatic hydroxyl groups is 1. The van der Waals surface area contributed by atoms with E-state index in [1.165, 1.54) is 16.6 Å². The van der Waals surface area contributed by atoms with Crippen LogP contribution >= 0.6 is 0 Å². The Kier molecular flexibility index (Phi) is 6.58. The highest BCUT2D eigenvalue weighted by Gasteiger charge is 2.28. The van der Waals surface area contributed by atoms with Gasteiger partial charge in [-0.2, -0.15) is 4.31 Å². The van der Waals surface area contributed by atoms with Crippen LogP contribution in [0.15, 0.2) is 23.4 Å². The predicted octanol–water partition coefficient (Wildman–Crippen LogP) is 2.16.